The van der Waals surface area contributed by atoms with E-state index in [0.717, 1.165) is 18.2 Å². The van der Waals surface area contributed by atoms with Crippen molar-refractivity contribution in [3.63, 3.8) is 0 Å². The fraction of sp³-hybridized carbons (Fsp3) is 0. The number of benzene rings is 2. The predicted octanol–water partition coefficient (Wildman–Crippen LogP) is 4.29. The number of carbonyl (C=O) groups excluding carboxylic acids is 1. The number of carbonyl (C=O) groups is 1. The molecule has 0 aromatic heterocycles. The van der Waals surface area contributed by atoms with Crippen molar-refractivity contribution in [3.05, 3.63) is 67.9 Å². The molecule has 0 fully saturated rings. The molecule has 8 heteroatoms. The van der Waals surface area contributed by atoms with Crippen molar-refractivity contribution >= 4 is 40.5 Å². The molecule has 0 spiro atoms. The summed E-state index contributed by atoms with van der Waals surface area (Å²) in [7, 11) is 0. The smallest absolute Gasteiger partial charge is 0.271 e. The number of nitrogens with zero attached hydrogens (tertiary/aromatic N) is 1. The van der Waals surface area contributed by atoms with Crippen LogP contribution in [0.4, 0.5) is 15.8 Å². The van der Waals surface area contributed by atoms with Crippen molar-refractivity contribution in [2.45, 2.75) is 0 Å². The van der Waals surface area contributed by atoms with Crippen LogP contribution in [0.25, 0.3) is 0 Å². The third-order valence-corrected chi connectivity index (χ3v) is 3.42. The molecule has 2 rings (SSSR count). The van der Waals surface area contributed by atoms with Gasteiger partial charge in [-0.3, -0.25) is 14.9 Å². The fourth-order valence-corrected chi connectivity index (χ4v) is 1.98. The number of halogens is 3. The van der Waals surface area contributed by atoms with Gasteiger partial charge in [-0.1, -0.05) is 29.3 Å². The molecule has 0 atom stereocenters. The number of hydrogen-bond acceptors (Lipinski definition) is 3. The Hall–Kier alpha value is -2.18. The van der Waals surface area contributed by atoms with Gasteiger partial charge in [0.2, 0.25) is 0 Å². The lowest BCUT2D eigenvalue weighted by Crippen LogP contribution is -2.13. The fourth-order valence-electron chi connectivity index (χ4n) is 1.59. The SMILES string of the molecule is O=C(Nc1cc([N+](=O)[O-])ccc1F)c1cccc(Cl)c1Cl. The maximum absolute atomic E-state index is 13.6. The molecular formula is C13H7Cl2FN2O3. The average Bonchev–Trinajstić information content (AvgIpc) is 2.43. The summed E-state index contributed by atoms with van der Waals surface area (Å²) in [5.74, 6) is -1.52. The molecule has 2 aromatic rings. The first-order valence-electron chi connectivity index (χ1n) is 5.59. The quantitative estimate of drug-likeness (QED) is 0.674. The van der Waals surface area contributed by atoms with Crippen molar-refractivity contribution in [2.24, 2.45) is 0 Å². The van der Waals surface area contributed by atoms with Gasteiger partial charge in [0, 0.05) is 12.1 Å². The maximum Gasteiger partial charge on any atom is 0.271 e. The Morgan fingerprint density at radius 3 is 2.62 bits per heavy atom. The number of nitrogens with one attached hydrogen (secondary N) is 1. The summed E-state index contributed by atoms with van der Waals surface area (Å²) in [5, 5.41) is 13.1. The van der Waals surface area contributed by atoms with E-state index in [4.69, 9.17) is 23.2 Å². The second-order valence-electron chi connectivity index (χ2n) is 3.98. The summed E-state index contributed by atoms with van der Waals surface area (Å²) in [4.78, 5) is 22.0. The van der Waals surface area contributed by atoms with Crippen LogP contribution < -0.4 is 5.32 Å². The molecule has 0 aliphatic rings. The molecule has 0 bridgehead atoms. The van der Waals surface area contributed by atoms with Crippen LogP contribution in [0.1, 0.15) is 10.4 Å². The molecule has 0 radical (unpaired) electrons. The summed E-state index contributed by atoms with van der Waals surface area (Å²) in [6, 6.07) is 7.22. The molecule has 21 heavy (non-hydrogen) atoms. The van der Waals surface area contributed by atoms with Gasteiger partial charge in [0.1, 0.15) is 5.82 Å². The van der Waals surface area contributed by atoms with Crippen LogP contribution >= 0.6 is 23.2 Å². The van der Waals surface area contributed by atoms with Crippen LogP contribution in [0, 0.1) is 15.9 Å². The Labute approximate surface area is 128 Å². The van der Waals surface area contributed by atoms with Gasteiger partial charge in [0.15, 0.2) is 0 Å². The van der Waals surface area contributed by atoms with Gasteiger partial charge in [-0.05, 0) is 18.2 Å². The Kier molecular flexibility index (Phi) is 4.40. The predicted molar refractivity (Wildman–Crippen MR) is 77.5 cm³/mol. The number of hydrogen-bond donors (Lipinski definition) is 1. The Morgan fingerprint density at radius 2 is 1.95 bits per heavy atom. The standard InChI is InChI=1S/C13H7Cl2FN2O3/c14-9-3-1-2-8(12(9)15)13(19)17-11-6-7(18(20)21)4-5-10(11)16/h1-6H,(H,17,19). The van der Waals surface area contributed by atoms with E-state index in [1.807, 2.05) is 0 Å². The Bertz CT molecular complexity index is 737. The maximum atomic E-state index is 13.6. The third kappa shape index (κ3) is 3.29. The van der Waals surface area contributed by atoms with E-state index in [-0.39, 0.29) is 27.0 Å². The van der Waals surface area contributed by atoms with E-state index in [0.29, 0.717) is 0 Å². The lowest BCUT2D eigenvalue weighted by Gasteiger charge is -2.08. The van der Waals surface area contributed by atoms with Gasteiger partial charge in [0.05, 0.1) is 26.2 Å². The van der Waals surface area contributed by atoms with Crippen molar-refractivity contribution in [2.75, 3.05) is 5.32 Å². The van der Waals surface area contributed by atoms with Crippen LogP contribution in [-0.4, -0.2) is 10.8 Å². The minimum absolute atomic E-state index is 0.0162. The third-order valence-electron chi connectivity index (χ3n) is 2.61. The van der Waals surface area contributed by atoms with E-state index >= 15 is 0 Å². The van der Waals surface area contributed by atoms with Crippen molar-refractivity contribution in [1.29, 1.82) is 0 Å². The summed E-state index contributed by atoms with van der Waals surface area (Å²) >= 11 is 11.7. The highest BCUT2D eigenvalue weighted by Gasteiger charge is 2.16. The van der Waals surface area contributed by atoms with Crippen LogP contribution in [0.2, 0.25) is 10.0 Å². The zero-order chi connectivity index (χ0) is 15.6. The van der Waals surface area contributed by atoms with Gasteiger partial charge < -0.3 is 5.32 Å². The first-order chi connectivity index (χ1) is 9.90. The molecule has 0 saturated heterocycles. The Morgan fingerprint density at radius 1 is 1.24 bits per heavy atom. The lowest BCUT2D eigenvalue weighted by molar-refractivity contribution is -0.384. The van der Waals surface area contributed by atoms with E-state index in [1.165, 1.54) is 18.2 Å². The highest BCUT2D eigenvalue weighted by atomic mass is 35.5. The number of anilines is 1. The summed E-state index contributed by atoms with van der Waals surface area (Å²) in [6.45, 7) is 0. The van der Waals surface area contributed by atoms with Gasteiger partial charge in [0.25, 0.3) is 11.6 Å². The van der Waals surface area contributed by atoms with Crippen LogP contribution in [-0.2, 0) is 0 Å². The molecule has 0 heterocycles. The van der Waals surface area contributed by atoms with Gasteiger partial charge in [-0.15, -0.1) is 0 Å². The largest absolute Gasteiger partial charge is 0.319 e. The first-order valence-corrected chi connectivity index (χ1v) is 6.35. The minimum atomic E-state index is -0.799. The topological polar surface area (TPSA) is 72.2 Å². The van der Waals surface area contributed by atoms with Crippen LogP contribution in [0.3, 0.4) is 0 Å². The summed E-state index contributed by atoms with van der Waals surface area (Å²) < 4.78 is 13.6. The molecule has 1 N–H and O–H groups in total. The molecule has 5 nitrogen and oxygen atoms in total. The zero-order valence-corrected chi connectivity index (χ0v) is 11.8. The summed E-state index contributed by atoms with van der Waals surface area (Å²) in [6.07, 6.45) is 0. The second-order valence-corrected chi connectivity index (χ2v) is 4.76. The molecule has 0 saturated carbocycles. The monoisotopic (exact) mass is 328 g/mol. The minimum Gasteiger partial charge on any atom is -0.319 e. The number of amides is 1. The molecule has 0 aliphatic carbocycles. The molecular weight excluding hydrogens is 322 g/mol. The van der Waals surface area contributed by atoms with E-state index < -0.39 is 16.6 Å². The van der Waals surface area contributed by atoms with E-state index in [1.54, 1.807) is 0 Å². The highest BCUT2D eigenvalue weighted by Crippen LogP contribution is 2.27. The molecule has 108 valence electrons. The summed E-state index contributed by atoms with van der Waals surface area (Å²) in [5.41, 5.74) is -0.621. The van der Waals surface area contributed by atoms with Crippen LogP contribution in [0.15, 0.2) is 36.4 Å². The van der Waals surface area contributed by atoms with E-state index in [9.17, 15) is 19.3 Å². The van der Waals surface area contributed by atoms with Crippen molar-refractivity contribution in [3.8, 4) is 0 Å². The van der Waals surface area contributed by atoms with Gasteiger partial charge in [-0.25, -0.2) is 4.39 Å². The van der Waals surface area contributed by atoms with Crippen molar-refractivity contribution in [1.82, 2.24) is 0 Å². The molecule has 0 aliphatic heterocycles. The zero-order valence-electron chi connectivity index (χ0n) is 10.3. The molecule has 0 unspecified atom stereocenters. The van der Waals surface area contributed by atoms with E-state index in [2.05, 4.69) is 5.32 Å². The number of nitro benzene ring substituents is 1. The van der Waals surface area contributed by atoms with Gasteiger partial charge in [-0.2, -0.15) is 0 Å². The lowest BCUT2D eigenvalue weighted by atomic mass is 10.2. The number of non-ortho nitro benzene ring substituents is 1. The highest BCUT2D eigenvalue weighted by molar-refractivity contribution is 6.44. The number of rotatable bonds is 3. The number of nitro groups is 1. The normalized spacial score (nSPS) is 10.2. The van der Waals surface area contributed by atoms with Gasteiger partial charge >= 0.3 is 0 Å². The van der Waals surface area contributed by atoms with Crippen molar-refractivity contribution < 1.29 is 14.1 Å². The Balaban J connectivity index is 2.33. The van der Waals surface area contributed by atoms with Crippen LogP contribution in [0.5, 0.6) is 0 Å². The second kappa shape index (κ2) is 6.07. The molecule has 1 amide bonds. The average molecular weight is 329 g/mol. The first kappa shape index (κ1) is 15.2. The molecule has 2 aromatic carbocycles.